The quantitative estimate of drug-likeness (QED) is 0.630. The van der Waals surface area contributed by atoms with E-state index in [1.165, 1.54) is 28.6 Å². The van der Waals surface area contributed by atoms with Crippen LogP contribution in [-0.2, 0) is 10.0 Å². The third-order valence-corrected chi connectivity index (χ3v) is 6.70. The number of sulfonamides is 1. The lowest BCUT2D eigenvalue weighted by molar-refractivity contribution is -0.384. The highest BCUT2D eigenvalue weighted by Crippen LogP contribution is 2.22. The maximum Gasteiger partial charge on any atom is 0.269 e. The summed E-state index contributed by atoms with van der Waals surface area (Å²) in [6.07, 6.45) is 2.21. The minimum Gasteiger partial charge on any atom is -0.317 e. The molecule has 2 aliphatic rings. The van der Waals surface area contributed by atoms with Gasteiger partial charge in [0.1, 0.15) is 0 Å². The topological polar surface area (TPSA) is 95.8 Å². The fraction of sp³-hybridized carbons (Fsp3) is 0.600. The molecule has 132 valence electrons. The molecule has 0 unspecified atom stereocenters. The number of hydrogen-bond donors (Lipinski definition) is 1. The van der Waals surface area contributed by atoms with E-state index in [1.54, 1.807) is 0 Å². The van der Waals surface area contributed by atoms with Crippen LogP contribution in [0.4, 0.5) is 5.69 Å². The predicted octanol–water partition coefficient (Wildman–Crippen LogP) is 0.653. The maximum atomic E-state index is 12.7. The smallest absolute Gasteiger partial charge is 0.269 e. The number of hydrogen-bond acceptors (Lipinski definition) is 6. The molecule has 0 amide bonds. The molecule has 1 N–H and O–H groups in total. The molecule has 2 heterocycles. The first-order chi connectivity index (χ1) is 11.5. The number of nitrogens with zero attached hydrogens (tertiary/aromatic N) is 3. The maximum absolute atomic E-state index is 12.7. The number of rotatable bonds is 4. The Morgan fingerprint density at radius 3 is 2.17 bits per heavy atom. The molecular formula is C15H22N4O4S. The standard InChI is InChI=1S/C15H22N4O4S/c20-19(21)14-1-3-15(4-2-14)24(22,23)18-11-9-17(10-12-18)13-5-7-16-8-6-13/h1-4,13,16H,5-12H2. The molecule has 0 aliphatic carbocycles. The van der Waals surface area contributed by atoms with Crippen molar-refractivity contribution in [1.29, 1.82) is 0 Å². The highest BCUT2D eigenvalue weighted by molar-refractivity contribution is 7.89. The van der Waals surface area contributed by atoms with E-state index in [0.29, 0.717) is 19.1 Å². The van der Waals surface area contributed by atoms with Gasteiger partial charge in [-0.3, -0.25) is 15.0 Å². The van der Waals surface area contributed by atoms with Crippen LogP contribution in [0, 0.1) is 10.1 Å². The van der Waals surface area contributed by atoms with Gasteiger partial charge in [0.15, 0.2) is 0 Å². The summed E-state index contributed by atoms with van der Waals surface area (Å²) in [6.45, 7) is 4.43. The monoisotopic (exact) mass is 354 g/mol. The zero-order chi connectivity index (χ0) is 17.2. The second-order valence-corrected chi connectivity index (χ2v) is 8.11. The third kappa shape index (κ3) is 3.59. The van der Waals surface area contributed by atoms with Crippen molar-refractivity contribution in [3.63, 3.8) is 0 Å². The number of nitro benzene ring substituents is 1. The largest absolute Gasteiger partial charge is 0.317 e. The van der Waals surface area contributed by atoms with E-state index in [-0.39, 0.29) is 10.6 Å². The van der Waals surface area contributed by atoms with E-state index in [4.69, 9.17) is 0 Å². The fourth-order valence-corrected chi connectivity index (χ4v) is 4.79. The number of non-ortho nitro benzene ring substituents is 1. The summed E-state index contributed by atoms with van der Waals surface area (Å²) in [4.78, 5) is 12.6. The summed E-state index contributed by atoms with van der Waals surface area (Å²) in [5.41, 5.74) is -0.107. The van der Waals surface area contributed by atoms with Crippen molar-refractivity contribution in [2.75, 3.05) is 39.3 Å². The summed E-state index contributed by atoms with van der Waals surface area (Å²) in [5, 5.41) is 14.0. The van der Waals surface area contributed by atoms with Crippen molar-refractivity contribution in [1.82, 2.24) is 14.5 Å². The van der Waals surface area contributed by atoms with Crippen LogP contribution in [0.5, 0.6) is 0 Å². The second kappa shape index (κ2) is 7.14. The molecule has 2 saturated heterocycles. The molecule has 1 aromatic carbocycles. The van der Waals surface area contributed by atoms with Gasteiger partial charge in [0.25, 0.3) is 5.69 Å². The van der Waals surface area contributed by atoms with Crippen LogP contribution in [-0.4, -0.2) is 67.9 Å². The van der Waals surface area contributed by atoms with E-state index in [2.05, 4.69) is 10.2 Å². The average Bonchev–Trinajstić information content (AvgIpc) is 2.62. The molecule has 9 heteroatoms. The van der Waals surface area contributed by atoms with Gasteiger partial charge in [-0.15, -0.1) is 0 Å². The summed E-state index contributed by atoms with van der Waals surface area (Å²) >= 11 is 0. The van der Waals surface area contributed by atoms with Crippen molar-refractivity contribution in [3.8, 4) is 0 Å². The number of nitro groups is 1. The van der Waals surface area contributed by atoms with Crippen LogP contribution in [0.3, 0.4) is 0 Å². The molecule has 0 atom stereocenters. The van der Waals surface area contributed by atoms with Crippen molar-refractivity contribution in [3.05, 3.63) is 34.4 Å². The molecular weight excluding hydrogens is 332 g/mol. The SMILES string of the molecule is O=[N+]([O-])c1ccc(S(=O)(=O)N2CCN(C3CCNCC3)CC2)cc1. The molecule has 0 radical (unpaired) electrons. The Balaban J connectivity index is 1.65. The molecule has 0 saturated carbocycles. The van der Waals surface area contributed by atoms with Crippen molar-refractivity contribution >= 4 is 15.7 Å². The van der Waals surface area contributed by atoms with E-state index in [0.717, 1.165) is 39.0 Å². The first-order valence-electron chi connectivity index (χ1n) is 8.18. The predicted molar refractivity (Wildman–Crippen MR) is 89.3 cm³/mol. The minimum absolute atomic E-state index is 0.107. The number of piperazine rings is 1. The molecule has 1 aromatic rings. The van der Waals surface area contributed by atoms with Gasteiger partial charge in [-0.25, -0.2) is 8.42 Å². The highest BCUT2D eigenvalue weighted by atomic mass is 32.2. The zero-order valence-electron chi connectivity index (χ0n) is 13.4. The van der Waals surface area contributed by atoms with Gasteiger partial charge in [0.2, 0.25) is 10.0 Å². The van der Waals surface area contributed by atoms with E-state index < -0.39 is 14.9 Å². The lowest BCUT2D eigenvalue weighted by Gasteiger charge is -2.40. The van der Waals surface area contributed by atoms with Crippen molar-refractivity contribution in [2.45, 2.75) is 23.8 Å². The van der Waals surface area contributed by atoms with E-state index >= 15 is 0 Å². The first-order valence-corrected chi connectivity index (χ1v) is 9.62. The molecule has 8 nitrogen and oxygen atoms in total. The van der Waals surface area contributed by atoms with E-state index in [1.807, 2.05) is 0 Å². The summed E-state index contributed by atoms with van der Waals surface area (Å²) in [7, 11) is -3.59. The lowest BCUT2D eigenvalue weighted by atomic mass is 10.0. The Hall–Kier alpha value is -1.55. The minimum atomic E-state index is -3.59. The molecule has 3 rings (SSSR count). The van der Waals surface area contributed by atoms with Crippen LogP contribution in [0.15, 0.2) is 29.2 Å². The Morgan fingerprint density at radius 2 is 1.62 bits per heavy atom. The molecule has 0 spiro atoms. The number of benzene rings is 1. The van der Waals surface area contributed by atoms with Crippen LogP contribution in [0.2, 0.25) is 0 Å². The average molecular weight is 354 g/mol. The van der Waals surface area contributed by atoms with Crippen LogP contribution in [0.25, 0.3) is 0 Å². The van der Waals surface area contributed by atoms with Crippen molar-refractivity contribution in [2.24, 2.45) is 0 Å². The van der Waals surface area contributed by atoms with E-state index in [9.17, 15) is 18.5 Å². The molecule has 0 bridgehead atoms. The Labute approximate surface area is 141 Å². The van der Waals surface area contributed by atoms with Crippen molar-refractivity contribution < 1.29 is 13.3 Å². The van der Waals surface area contributed by atoms with Gasteiger partial charge < -0.3 is 5.32 Å². The Morgan fingerprint density at radius 1 is 1.04 bits per heavy atom. The molecule has 2 fully saturated rings. The highest BCUT2D eigenvalue weighted by Gasteiger charge is 2.31. The number of piperidine rings is 1. The van der Waals surface area contributed by atoms with Crippen LogP contribution >= 0.6 is 0 Å². The first kappa shape index (κ1) is 17.3. The Bertz CT molecular complexity index is 678. The second-order valence-electron chi connectivity index (χ2n) is 6.17. The molecule has 0 aromatic heterocycles. The summed E-state index contributed by atoms with van der Waals surface area (Å²) in [6, 6.07) is 5.63. The van der Waals surface area contributed by atoms with Gasteiger partial charge in [0, 0.05) is 44.4 Å². The van der Waals surface area contributed by atoms with Gasteiger partial charge in [-0.2, -0.15) is 4.31 Å². The number of nitrogens with one attached hydrogen (secondary N) is 1. The van der Waals surface area contributed by atoms with Crippen LogP contribution < -0.4 is 5.32 Å². The third-order valence-electron chi connectivity index (χ3n) is 4.78. The summed E-state index contributed by atoms with van der Waals surface area (Å²) < 4.78 is 26.8. The lowest BCUT2D eigenvalue weighted by Crippen LogP contribution is -2.53. The Kier molecular flexibility index (Phi) is 5.14. The zero-order valence-corrected chi connectivity index (χ0v) is 14.2. The molecule has 24 heavy (non-hydrogen) atoms. The normalized spacial score (nSPS) is 21.7. The van der Waals surface area contributed by atoms with Gasteiger partial charge >= 0.3 is 0 Å². The molecule has 2 aliphatic heterocycles. The van der Waals surface area contributed by atoms with Crippen LogP contribution in [0.1, 0.15) is 12.8 Å². The van der Waals surface area contributed by atoms with Gasteiger partial charge in [-0.1, -0.05) is 0 Å². The fourth-order valence-electron chi connectivity index (χ4n) is 3.37. The van der Waals surface area contributed by atoms with Gasteiger partial charge in [0.05, 0.1) is 9.82 Å². The van der Waals surface area contributed by atoms with Gasteiger partial charge in [-0.05, 0) is 38.1 Å². The summed E-state index contributed by atoms with van der Waals surface area (Å²) in [5.74, 6) is 0.